The molecule has 0 spiro atoms. The van der Waals surface area contributed by atoms with E-state index in [-0.39, 0.29) is 31.5 Å². The molecule has 1 N–H and O–H groups in total. The van der Waals surface area contributed by atoms with Crippen molar-refractivity contribution in [3.8, 4) is 5.75 Å². The molecule has 0 radical (unpaired) electrons. The van der Waals surface area contributed by atoms with Crippen molar-refractivity contribution in [2.45, 2.75) is 19.4 Å². The molecule has 1 aliphatic rings. The third-order valence-corrected chi connectivity index (χ3v) is 4.67. The molecule has 0 aliphatic carbocycles. The number of hydrogen-bond donors (Lipinski definition) is 1. The van der Waals surface area contributed by atoms with E-state index in [1.54, 1.807) is 36.4 Å². The molecule has 1 heterocycles. The summed E-state index contributed by atoms with van der Waals surface area (Å²) in [6, 6.07) is 14.0. The molecular formula is C21H21ClN2O5. The van der Waals surface area contributed by atoms with Crippen molar-refractivity contribution in [2.75, 3.05) is 24.7 Å². The Kier molecular flexibility index (Phi) is 6.72. The lowest BCUT2D eigenvalue weighted by Gasteiger charge is -2.28. The molecule has 0 unspecified atom stereocenters. The first-order chi connectivity index (χ1) is 13.9. The number of esters is 1. The second-order valence-corrected chi connectivity index (χ2v) is 6.99. The smallest absolute Gasteiger partial charge is 0.308 e. The van der Waals surface area contributed by atoms with Crippen molar-refractivity contribution in [3.63, 3.8) is 0 Å². The summed E-state index contributed by atoms with van der Waals surface area (Å²) in [5, 5.41) is 3.33. The van der Waals surface area contributed by atoms with Gasteiger partial charge >= 0.3 is 5.97 Å². The van der Waals surface area contributed by atoms with Gasteiger partial charge < -0.3 is 19.7 Å². The molecular weight excluding hydrogens is 396 g/mol. The van der Waals surface area contributed by atoms with Gasteiger partial charge in [-0.05, 0) is 36.8 Å². The number of amides is 2. The molecule has 2 aromatic carbocycles. The van der Waals surface area contributed by atoms with Crippen molar-refractivity contribution in [1.82, 2.24) is 5.32 Å². The highest BCUT2D eigenvalue weighted by Crippen LogP contribution is 2.31. The van der Waals surface area contributed by atoms with Crippen molar-refractivity contribution >= 4 is 35.1 Å². The summed E-state index contributed by atoms with van der Waals surface area (Å²) < 4.78 is 10.4. The van der Waals surface area contributed by atoms with Crippen molar-refractivity contribution < 1.29 is 23.9 Å². The Bertz CT molecular complexity index is 917. The molecule has 0 saturated heterocycles. The molecule has 0 bridgehead atoms. The third-order valence-electron chi connectivity index (χ3n) is 4.44. The number of para-hydroxylation sites is 2. The Hall–Kier alpha value is -3.06. The molecule has 0 fully saturated rings. The Labute approximate surface area is 173 Å². The third kappa shape index (κ3) is 5.48. The molecule has 7 nitrogen and oxygen atoms in total. The van der Waals surface area contributed by atoms with Crippen molar-refractivity contribution in [3.05, 3.63) is 59.1 Å². The van der Waals surface area contributed by atoms with E-state index in [1.807, 2.05) is 19.1 Å². The van der Waals surface area contributed by atoms with Crippen LogP contribution in [0.4, 0.5) is 5.69 Å². The van der Waals surface area contributed by atoms with Crippen LogP contribution >= 0.6 is 11.6 Å². The van der Waals surface area contributed by atoms with Crippen LogP contribution in [0, 0.1) is 0 Å². The van der Waals surface area contributed by atoms with E-state index in [1.165, 1.54) is 4.90 Å². The predicted octanol–water partition coefficient (Wildman–Crippen LogP) is 2.88. The molecule has 1 aliphatic heterocycles. The summed E-state index contributed by atoms with van der Waals surface area (Å²) in [4.78, 5) is 37.6. The van der Waals surface area contributed by atoms with Crippen LogP contribution < -0.4 is 15.0 Å². The Morgan fingerprint density at radius 2 is 2.03 bits per heavy atom. The van der Waals surface area contributed by atoms with Gasteiger partial charge in [0, 0.05) is 11.6 Å². The van der Waals surface area contributed by atoms with Crippen LogP contribution in [0.5, 0.6) is 5.75 Å². The summed E-state index contributed by atoms with van der Waals surface area (Å²) in [7, 11) is 0. The number of fused-ring (bicyclic) bond motifs is 1. The number of nitrogens with zero attached hydrogens (tertiary/aromatic N) is 1. The number of carbonyl (C=O) groups is 3. The Morgan fingerprint density at radius 3 is 2.83 bits per heavy atom. The zero-order valence-corrected chi connectivity index (χ0v) is 16.6. The zero-order chi connectivity index (χ0) is 20.8. The van der Waals surface area contributed by atoms with Gasteiger partial charge in [-0.1, -0.05) is 35.9 Å². The fourth-order valence-corrected chi connectivity index (χ4v) is 3.16. The molecule has 1 atom stereocenters. The number of ether oxygens (including phenoxy) is 2. The van der Waals surface area contributed by atoms with Gasteiger partial charge in [-0.3, -0.25) is 14.4 Å². The van der Waals surface area contributed by atoms with Crippen molar-refractivity contribution in [1.29, 1.82) is 0 Å². The molecule has 2 aromatic rings. The van der Waals surface area contributed by atoms with E-state index in [9.17, 15) is 14.4 Å². The number of anilines is 1. The molecule has 3 rings (SSSR count). The van der Waals surface area contributed by atoms with Crippen LogP contribution in [0.25, 0.3) is 0 Å². The average Bonchev–Trinajstić information content (AvgIpc) is 2.71. The quantitative estimate of drug-likeness (QED) is 0.701. The van der Waals surface area contributed by atoms with Crippen LogP contribution in [0.2, 0.25) is 5.02 Å². The molecule has 152 valence electrons. The highest BCUT2D eigenvalue weighted by molar-refractivity contribution is 6.30. The van der Waals surface area contributed by atoms with Gasteiger partial charge in [0.2, 0.25) is 0 Å². The van der Waals surface area contributed by atoms with E-state index in [2.05, 4.69) is 5.32 Å². The molecule has 2 amide bonds. The summed E-state index contributed by atoms with van der Waals surface area (Å²) in [5.41, 5.74) is 1.46. The first-order valence-electron chi connectivity index (χ1n) is 9.16. The maximum Gasteiger partial charge on any atom is 0.308 e. The lowest BCUT2D eigenvalue weighted by Crippen LogP contribution is -2.40. The fourth-order valence-electron chi connectivity index (χ4n) is 2.96. The van der Waals surface area contributed by atoms with E-state index in [0.717, 1.165) is 5.56 Å². The number of hydrogen-bond acceptors (Lipinski definition) is 5. The Balaban J connectivity index is 1.45. The number of nitrogens with one attached hydrogen (secondary N) is 1. The molecule has 0 aromatic heterocycles. The minimum Gasteiger partial charge on any atom is -0.482 e. The summed E-state index contributed by atoms with van der Waals surface area (Å²) >= 11 is 5.95. The number of halogens is 1. The lowest BCUT2D eigenvalue weighted by molar-refractivity contribution is -0.148. The zero-order valence-electron chi connectivity index (χ0n) is 15.9. The first kappa shape index (κ1) is 20.7. The van der Waals surface area contributed by atoms with Gasteiger partial charge in [0.15, 0.2) is 13.2 Å². The van der Waals surface area contributed by atoms with Crippen LogP contribution in [0.3, 0.4) is 0 Å². The van der Waals surface area contributed by atoms with Gasteiger partial charge in [0.1, 0.15) is 5.75 Å². The monoisotopic (exact) mass is 416 g/mol. The summed E-state index contributed by atoms with van der Waals surface area (Å²) in [5.74, 6) is -0.620. The highest BCUT2D eigenvalue weighted by atomic mass is 35.5. The van der Waals surface area contributed by atoms with E-state index in [4.69, 9.17) is 21.1 Å². The lowest BCUT2D eigenvalue weighted by atomic mass is 10.1. The average molecular weight is 417 g/mol. The van der Waals surface area contributed by atoms with Gasteiger partial charge in [-0.2, -0.15) is 0 Å². The highest BCUT2D eigenvalue weighted by Gasteiger charge is 2.25. The molecule has 8 heteroatoms. The topological polar surface area (TPSA) is 84.9 Å². The number of carbonyl (C=O) groups excluding carboxylic acids is 3. The van der Waals surface area contributed by atoms with Crippen LogP contribution in [-0.2, 0) is 19.1 Å². The maximum atomic E-state index is 12.1. The van der Waals surface area contributed by atoms with E-state index in [0.29, 0.717) is 16.5 Å². The van der Waals surface area contributed by atoms with Gasteiger partial charge in [-0.15, -0.1) is 0 Å². The number of rotatable bonds is 7. The van der Waals surface area contributed by atoms with Crippen LogP contribution in [-0.4, -0.2) is 37.5 Å². The van der Waals surface area contributed by atoms with Gasteiger partial charge in [0.05, 0.1) is 18.2 Å². The van der Waals surface area contributed by atoms with E-state index < -0.39 is 18.5 Å². The molecule has 0 saturated carbocycles. The second kappa shape index (κ2) is 9.43. The fraction of sp³-hybridized carbons (Fsp3) is 0.286. The molecule has 29 heavy (non-hydrogen) atoms. The van der Waals surface area contributed by atoms with E-state index >= 15 is 0 Å². The Morgan fingerprint density at radius 1 is 1.24 bits per heavy atom. The largest absolute Gasteiger partial charge is 0.482 e. The number of benzene rings is 2. The standard InChI is InChI=1S/C21H21ClN2O5/c1-14(15-5-4-6-16(22)11-15)23-19(25)12-29-21(27)9-10-24-17-7-2-3-8-18(17)28-13-20(24)26/h2-8,11,14H,9-10,12-13H2,1H3,(H,23,25)/t14-/m1/s1. The van der Waals surface area contributed by atoms with Crippen molar-refractivity contribution in [2.24, 2.45) is 0 Å². The van der Waals surface area contributed by atoms with Crippen LogP contribution in [0.15, 0.2) is 48.5 Å². The van der Waals surface area contributed by atoms with Crippen LogP contribution in [0.1, 0.15) is 24.9 Å². The van der Waals surface area contributed by atoms with Gasteiger partial charge in [0.25, 0.3) is 11.8 Å². The normalized spacial score (nSPS) is 13.9. The minimum absolute atomic E-state index is 0.0306. The summed E-state index contributed by atoms with van der Waals surface area (Å²) in [6.07, 6.45) is -0.0306. The first-order valence-corrected chi connectivity index (χ1v) is 9.54. The van der Waals surface area contributed by atoms with Gasteiger partial charge in [-0.25, -0.2) is 0 Å². The summed E-state index contributed by atoms with van der Waals surface area (Å²) in [6.45, 7) is 1.50. The minimum atomic E-state index is -0.563. The predicted molar refractivity (Wildman–Crippen MR) is 108 cm³/mol. The SMILES string of the molecule is C[C@@H](NC(=O)COC(=O)CCN1C(=O)COc2ccccc21)c1cccc(Cl)c1. The maximum absolute atomic E-state index is 12.1. The second-order valence-electron chi connectivity index (χ2n) is 6.56.